The van der Waals surface area contributed by atoms with E-state index in [1.807, 2.05) is 13.8 Å². The Bertz CT molecular complexity index is 383. The Kier molecular flexibility index (Phi) is 5.55. The fourth-order valence-electron chi connectivity index (χ4n) is 2.01. The number of carboxylic acid groups (broad SMARTS) is 1. The second kappa shape index (κ2) is 6.49. The lowest BCUT2D eigenvalue weighted by Gasteiger charge is -2.20. The molecule has 0 aromatic carbocycles. The molecule has 0 amide bonds. The summed E-state index contributed by atoms with van der Waals surface area (Å²) in [5, 5.41) is 9.01. The first-order chi connectivity index (χ1) is 8.36. The summed E-state index contributed by atoms with van der Waals surface area (Å²) in [6.07, 6.45) is 2.68. The van der Waals surface area contributed by atoms with Gasteiger partial charge < -0.3 is 5.11 Å². The van der Waals surface area contributed by atoms with E-state index >= 15 is 0 Å². The topological polar surface area (TPSA) is 86.7 Å². The first kappa shape index (κ1) is 15.4. The molecule has 106 valence electrons. The molecule has 1 aliphatic heterocycles. The standard InChI is InChI=1S/C11H22N2O4S/c1-3-4-5-10(11(14)15)12-18(16,17)13-7-6-9(2)8-13/h9-10,12H,3-8H2,1-2H3,(H,14,15)/t9?,10-/m0/s1. The number of hydrogen-bond donors (Lipinski definition) is 2. The molecule has 7 heteroatoms. The van der Waals surface area contributed by atoms with E-state index in [0.29, 0.717) is 31.8 Å². The predicted octanol–water partition coefficient (Wildman–Crippen LogP) is 0.806. The van der Waals surface area contributed by atoms with Gasteiger partial charge in [-0.3, -0.25) is 4.79 Å². The van der Waals surface area contributed by atoms with Crippen LogP contribution in [-0.2, 0) is 15.0 Å². The van der Waals surface area contributed by atoms with Crippen molar-refractivity contribution in [3.05, 3.63) is 0 Å². The predicted molar refractivity (Wildman–Crippen MR) is 68.4 cm³/mol. The molecule has 0 spiro atoms. The van der Waals surface area contributed by atoms with Gasteiger partial charge in [0.25, 0.3) is 10.2 Å². The smallest absolute Gasteiger partial charge is 0.321 e. The van der Waals surface area contributed by atoms with Gasteiger partial charge in [0.2, 0.25) is 0 Å². The summed E-state index contributed by atoms with van der Waals surface area (Å²) in [6.45, 7) is 4.86. The van der Waals surface area contributed by atoms with Crippen molar-refractivity contribution in [3.8, 4) is 0 Å². The van der Waals surface area contributed by atoms with Crippen LogP contribution in [0.5, 0.6) is 0 Å². The molecule has 18 heavy (non-hydrogen) atoms. The van der Waals surface area contributed by atoms with Gasteiger partial charge in [-0.2, -0.15) is 17.4 Å². The SMILES string of the molecule is CCCC[C@H](NS(=O)(=O)N1CCC(C)C1)C(=O)O. The summed E-state index contributed by atoms with van der Waals surface area (Å²) < 4.78 is 27.6. The maximum absolute atomic E-state index is 12.0. The zero-order valence-corrected chi connectivity index (χ0v) is 11.7. The van der Waals surface area contributed by atoms with E-state index in [9.17, 15) is 13.2 Å². The summed E-state index contributed by atoms with van der Waals surface area (Å²) in [4.78, 5) is 11.0. The number of hydrogen-bond acceptors (Lipinski definition) is 3. The van der Waals surface area contributed by atoms with E-state index in [4.69, 9.17) is 5.11 Å². The highest BCUT2D eigenvalue weighted by Gasteiger charge is 2.32. The zero-order chi connectivity index (χ0) is 13.8. The molecule has 1 rings (SSSR count). The number of nitrogens with one attached hydrogen (secondary N) is 1. The fraction of sp³-hybridized carbons (Fsp3) is 0.909. The Morgan fingerprint density at radius 2 is 2.22 bits per heavy atom. The van der Waals surface area contributed by atoms with Crippen LogP contribution >= 0.6 is 0 Å². The molecule has 6 nitrogen and oxygen atoms in total. The maximum atomic E-state index is 12.0. The van der Waals surface area contributed by atoms with E-state index in [2.05, 4.69) is 4.72 Å². The van der Waals surface area contributed by atoms with Crippen LogP contribution in [0.25, 0.3) is 0 Å². The second-order valence-electron chi connectivity index (χ2n) is 4.91. The molecular weight excluding hydrogens is 256 g/mol. The number of carbonyl (C=O) groups is 1. The van der Waals surface area contributed by atoms with Crippen molar-refractivity contribution in [1.29, 1.82) is 0 Å². The van der Waals surface area contributed by atoms with Crippen molar-refractivity contribution in [1.82, 2.24) is 9.03 Å². The second-order valence-corrected chi connectivity index (χ2v) is 6.61. The van der Waals surface area contributed by atoms with E-state index in [1.165, 1.54) is 4.31 Å². The van der Waals surface area contributed by atoms with Crippen molar-refractivity contribution < 1.29 is 18.3 Å². The minimum absolute atomic E-state index is 0.328. The van der Waals surface area contributed by atoms with Crippen LogP contribution in [0.4, 0.5) is 0 Å². The number of unbranched alkanes of at least 4 members (excludes halogenated alkanes) is 1. The van der Waals surface area contributed by atoms with Crippen molar-refractivity contribution >= 4 is 16.2 Å². The van der Waals surface area contributed by atoms with Gasteiger partial charge in [-0.15, -0.1) is 0 Å². The van der Waals surface area contributed by atoms with Crippen LogP contribution < -0.4 is 4.72 Å². The van der Waals surface area contributed by atoms with Gasteiger partial charge in [0, 0.05) is 13.1 Å². The monoisotopic (exact) mass is 278 g/mol. The van der Waals surface area contributed by atoms with Crippen LogP contribution in [0.2, 0.25) is 0 Å². The van der Waals surface area contributed by atoms with Crippen LogP contribution in [-0.4, -0.2) is 42.9 Å². The molecule has 0 saturated carbocycles. The van der Waals surface area contributed by atoms with Crippen LogP contribution in [0.1, 0.15) is 39.5 Å². The molecule has 2 atom stereocenters. The van der Waals surface area contributed by atoms with Crippen molar-refractivity contribution in [3.63, 3.8) is 0 Å². The Labute approximate surface area is 109 Å². The summed E-state index contributed by atoms with van der Waals surface area (Å²) in [7, 11) is -3.67. The van der Waals surface area contributed by atoms with Gasteiger partial charge in [-0.25, -0.2) is 0 Å². The Balaban J connectivity index is 2.64. The highest BCUT2D eigenvalue weighted by molar-refractivity contribution is 7.87. The number of rotatable bonds is 7. The van der Waals surface area contributed by atoms with Gasteiger partial charge in [0.05, 0.1) is 0 Å². The molecule has 0 aliphatic carbocycles. The van der Waals surface area contributed by atoms with Crippen molar-refractivity contribution in [2.45, 2.75) is 45.6 Å². The summed E-state index contributed by atoms with van der Waals surface area (Å²) in [5.41, 5.74) is 0. The summed E-state index contributed by atoms with van der Waals surface area (Å²) >= 11 is 0. The first-order valence-electron chi connectivity index (χ1n) is 6.37. The number of carboxylic acids is 1. The van der Waals surface area contributed by atoms with Crippen LogP contribution in [0.3, 0.4) is 0 Å². The molecular formula is C11H22N2O4S. The molecule has 1 fully saturated rings. The zero-order valence-electron chi connectivity index (χ0n) is 10.9. The van der Waals surface area contributed by atoms with E-state index in [-0.39, 0.29) is 0 Å². The number of aliphatic carboxylic acids is 1. The van der Waals surface area contributed by atoms with Gasteiger partial charge in [0.15, 0.2) is 0 Å². The first-order valence-corrected chi connectivity index (χ1v) is 7.81. The minimum atomic E-state index is -3.67. The molecule has 0 bridgehead atoms. The average molecular weight is 278 g/mol. The van der Waals surface area contributed by atoms with Crippen molar-refractivity contribution in [2.24, 2.45) is 5.92 Å². The Morgan fingerprint density at radius 3 is 2.67 bits per heavy atom. The van der Waals surface area contributed by atoms with Crippen LogP contribution in [0.15, 0.2) is 0 Å². The Hall–Kier alpha value is -0.660. The lowest BCUT2D eigenvalue weighted by molar-refractivity contribution is -0.139. The van der Waals surface area contributed by atoms with Gasteiger partial charge in [0.1, 0.15) is 6.04 Å². The normalized spacial score (nSPS) is 23.1. The highest BCUT2D eigenvalue weighted by Crippen LogP contribution is 2.18. The highest BCUT2D eigenvalue weighted by atomic mass is 32.2. The minimum Gasteiger partial charge on any atom is -0.480 e. The third-order valence-electron chi connectivity index (χ3n) is 3.16. The largest absolute Gasteiger partial charge is 0.480 e. The average Bonchev–Trinajstić information content (AvgIpc) is 2.71. The fourth-order valence-corrected chi connectivity index (χ4v) is 3.53. The van der Waals surface area contributed by atoms with Gasteiger partial charge >= 0.3 is 5.97 Å². The molecule has 1 heterocycles. The molecule has 0 radical (unpaired) electrons. The van der Waals surface area contributed by atoms with E-state index in [1.54, 1.807) is 0 Å². The van der Waals surface area contributed by atoms with Gasteiger partial charge in [-0.05, 0) is 18.8 Å². The Morgan fingerprint density at radius 1 is 1.56 bits per heavy atom. The molecule has 2 N–H and O–H groups in total. The molecule has 1 saturated heterocycles. The summed E-state index contributed by atoms with van der Waals surface area (Å²) in [6, 6.07) is -1.02. The van der Waals surface area contributed by atoms with E-state index in [0.717, 1.165) is 12.8 Å². The van der Waals surface area contributed by atoms with Crippen molar-refractivity contribution in [2.75, 3.05) is 13.1 Å². The van der Waals surface area contributed by atoms with E-state index < -0.39 is 22.2 Å². The van der Waals surface area contributed by atoms with Gasteiger partial charge in [-0.1, -0.05) is 26.7 Å². The third kappa shape index (κ3) is 4.22. The molecule has 0 aromatic heterocycles. The summed E-state index contributed by atoms with van der Waals surface area (Å²) in [5.74, 6) is -0.778. The lowest BCUT2D eigenvalue weighted by Crippen LogP contribution is -2.47. The molecule has 1 aliphatic rings. The number of nitrogens with zero attached hydrogens (tertiary/aromatic N) is 1. The lowest BCUT2D eigenvalue weighted by atomic mass is 10.1. The molecule has 1 unspecified atom stereocenters. The maximum Gasteiger partial charge on any atom is 0.321 e. The quantitative estimate of drug-likeness (QED) is 0.721. The molecule has 0 aromatic rings. The third-order valence-corrected chi connectivity index (χ3v) is 4.76. The van der Waals surface area contributed by atoms with Crippen LogP contribution in [0, 0.1) is 5.92 Å².